The maximum absolute atomic E-state index is 8.59. The largest absolute Gasteiger partial charge is 0.409 e. The summed E-state index contributed by atoms with van der Waals surface area (Å²) < 4.78 is 1.70. The zero-order valence-electron chi connectivity index (χ0n) is 9.69. The van der Waals surface area contributed by atoms with Crippen LogP contribution in [0, 0.1) is 0 Å². The molecule has 0 bridgehead atoms. The second-order valence-electron chi connectivity index (χ2n) is 3.49. The van der Waals surface area contributed by atoms with Crippen molar-refractivity contribution in [2.24, 2.45) is 17.9 Å². The van der Waals surface area contributed by atoms with E-state index in [0.29, 0.717) is 11.4 Å². The van der Waals surface area contributed by atoms with E-state index in [-0.39, 0.29) is 5.84 Å². The van der Waals surface area contributed by atoms with Crippen LogP contribution in [-0.2, 0) is 12.8 Å². The number of hydrogen-bond acceptors (Lipinski definition) is 6. The quantitative estimate of drug-likeness (QED) is 0.275. The number of aromatic nitrogens is 4. The molecular weight excluding hydrogens is 252 g/mol. The molecule has 0 atom stereocenters. The molecule has 2 rings (SSSR count). The number of amidine groups is 1. The molecule has 18 heavy (non-hydrogen) atoms. The Bertz CT molecular complexity index is 567. The lowest BCUT2D eigenvalue weighted by Crippen LogP contribution is -2.15. The third kappa shape index (κ3) is 2.77. The van der Waals surface area contributed by atoms with Crippen molar-refractivity contribution in [1.29, 1.82) is 0 Å². The molecule has 2 aromatic rings. The molecule has 0 unspecified atom stereocenters. The summed E-state index contributed by atoms with van der Waals surface area (Å²) in [6.45, 7) is 0. The first-order chi connectivity index (χ1) is 8.70. The van der Waals surface area contributed by atoms with Gasteiger partial charge in [0.05, 0.1) is 0 Å². The molecule has 0 aliphatic carbocycles. The molecule has 3 N–H and O–H groups in total. The molecule has 0 saturated heterocycles. The van der Waals surface area contributed by atoms with Crippen LogP contribution in [0.5, 0.6) is 0 Å². The number of thioether (sulfide) groups is 1. The highest BCUT2D eigenvalue weighted by molar-refractivity contribution is 7.98. The highest BCUT2D eigenvalue weighted by Crippen LogP contribution is 2.19. The van der Waals surface area contributed by atoms with Crippen molar-refractivity contribution in [2.45, 2.75) is 10.9 Å². The van der Waals surface area contributed by atoms with Crippen LogP contribution < -0.4 is 5.73 Å². The summed E-state index contributed by atoms with van der Waals surface area (Å²) in [6, 6.07) is 3.65. The summed E-state index contributed by atoms with van der Waals surface area (Å²) in [4.78, 5) is 8.13. The monoisotopic (exact) mass is 264 g/mol. The van der Waals surface area contributed by atoms with Gasteiger partial charge in [-0.2, -0.15) is 5.10 Å². The van der Waals surface area contributed by atoms with Gasteiger partial charge in [-0.3, -0.25) is 4.98 Å². The Labute approximate surface area is 108 Å². The molecule has 0 aliphatic heterocycles. The summed E-state index contributed by atoms with van der Waals surface area (Å²) in [6.07, 6.45) is 3.14. The molecule has 94 valence electrons. The molecule has 0 radical (unpaired) electrons. The standard InChI is InChI=1S/C10H12N6OS/c1-16-10(13-6-14-16)18-5-7-2-3-12-8(4-7)9(11)15-17/h2-4,6,17H,5H2,1H3,(H2,11,15). The van der Waals surface area contributed by atoms with Gasteiger partial charge in [0, 0.05) is 19.0 Å². The Morgan fingerprint density at radius 2 is 2.39 bits per heavy atom. The molecule has 0 spiro atoms. The van der Waals surface area contributed by atoms with Crippen LogP contribution in [0.2, 0.25) is 0 Å². The second-order valence-corrected chi connectivity index (χ2v) is 4.43. The normalized spacial score (nSPS) is 11.7. The molecule has 2 aromatic heterocycles. The van der Waals surface area contributed by atoms with Crippen molar-refractivity contribution < 1.29 is 5.21 Å². The summed E-state index contributed by atoms with van der Waals surface area (Å²) in [5.41, 5.74) is 6.95. The topological polar surface area (TPSA) is 102 Å². The summed E-state index contributed by atoms with van der Waals surface area (Å²) in [7, 11) is 1.84. The van der Waals surface area contributed by atoms with E-state index in [9.17, 15) is 0 Å². The molecule has 0 aromatic carbocycles. The predicted octanol–water partition coefficient (Wildman–Crippen LogP) is 0.597. The molecule has 8 heteroatoms. The molecule has 0 saturated carbocycles. The third-order valence-electron chi connectivity index (χ3n) is 2.23. The van der Waals surface area contributed by atoms with Crippen molar-refractivity contribution in [3.63, 3.8) is 0 Å². The molecule has 7 nitrogen and oxygen atoms in total. The first kappa shape index (κ1) is 12.4. The van der Waals surface area contributed by atoms with Crippen molar-refractivity contribution in [1.82, 2.24) is 19.7 Å². The average Bonchev–Trinajstić information content (AvgIpc) is 2.81. The number of rotatable bonds is 4. The van der Waals surface area contributed by atoms with Crippen LogP contribution >= 0.6 is 11.8 Å². The Balaban J connectivity index is 2.08. The van der Waals surface area contributed by atoms with Gasteiger partial charge in [-0.15, -0.1) is 0 Å². The Kier molecular flexibility index (Phi) is 3.78. The average molecular weight is 264 g/mol. The van der Waals surface area contributed by atoms with E-state index < -0.39 is 0 Å². The van der Waals surface area contributed by atoms with Gasteiger partial charge in [-0.05, 0) is 17.7 Å². The minimum absolute atomic E-state index is 0.000471. The second kappa shape index (κ2) is 5.50. The highest BCUT2D eigenvalue weighted by Gasteiger charge is 2.05. The lowest BCUT2D eigenvalue weighted by atomic mass is 10.2. The van der Waals surface area contributed by atoms with Gasteiger partial charge in [-0.1, -0.05) is 16.9 Å². The van der Waals surface area contributed by atoms with E-state index in [0.717, 1.165) is 10.7 Å². The van der Waals surface area contributed by atoms with Crippen LogP contribution in [0.15, 0.2) is 35.0 Å². The lowest BCUT2D eigenvalue weighted by Gasteiger charge is -2.03. The molecule has 0 aliphatic rings. The third-order valence-corrected chi connectivity index (χ3v) is 3.34. The van der Waals surface area contributed by atoms with Crippen LogP contribution in [0.4, 0.5) is 0 Å². The zero-order valence-corrected chi connectivity index (χ0v) is 10.5. The van der Waals surface area contributed by atoms with Crippen LogP contribution in [-0.4, -0.2) is 30.8 Å². The minimum Gasteiger partial charge on any atom is -0.409 e. The SMILES string of the molecule is Cn1ncnc1SCc1ccnc(/C(N)=N/O)c1. The predicted molar refractivity (Wildman–Crippen MR) is 67.3 cm³/mol. The lowest BCUT2D eigenvalue weighted by molar-refractivity contribution is 0.318. The van der Waals surface area contributed by atoms with Crippen molar-refractivity contribution in [3.05, 3.63) is 35.9 Å². The van der Waals surface area contributed by atoms with Gasteiger partial charge in [0.2, 0.25) is 0 Å². The van der Waals surface area contributed by atoms with Gasteiger partial charge in [0.1, 0.15) is 12.0 Å². The maximum Gasteiger partial charge on any atom is 0.188 e. The highest BCUT2D eigenvalue weighted by atomic mass is 32.2. The zero-order chi connectivity index (χ0) is 13.0. The Morgan fingerprint density at radius 3 is 3.06 bits per heavy atom. The summed E-state index contributed by atoms with van der Waals surface area (Å²) in [5.74, 6) is 0.710. The number of aryl methyl sites for hydroxylation is 1. The van der Waals surface area contributed by atoms with Crippen molar-refractivity contribution in [3.8, 4) is 0 Å². The maximum atomic E-state index is 8.59. The summed E-state index contributed by atoms with van der Waals surface area (Å²) >= 11 is 1.55. The van der Waals surface area contributed by atoms with E-state index in [1.807, 2.05) is 13.1 Å². The Hall–Kier alpha value is -2.09. The fraction of sp³-hybridized carbons (Fsp3) is 0.200. The number of nitrogens with zero attached hydrogens (tertiary/aromatic N) is 5. The summed E-state index contributed by atoms with van der Waals surface area (Å²) in [5, 5.41) is 16.3. The molecular formula is C10H12N6OS. The molecule has 2 heterocycles. The number of oxime groups is 1. The van der Waals surface area contributed by atoms with Gasteiger partial charge >= 0.3 is 0 Å². The first-order valence-corrected chi connectivity index (χ1v) is 6.09. The number of pyridine rings is 1. The van der Waals surface area contributed by atoms with E-state index in [4.69, 9.17) is 10.9 Å². The van der Waals surface area contributed by atoms with Crippen LogP contribution in [0.1, 0.15) is 11.3 Å². The van der Waals surface area contributed by atoms with Crippen LogP contribution in [0.3, 0.4) is 0 Å². The van der Waals surface area contributed by atoms with E-state index in [1.54, 1.807) is 28.7 Å². The minimum atomic E-state index is 0.000471. The van der Waals surface area contributed by atoms with Crippen LogP contribution in [0.25, 0.3) is 0 Å². The van der Waals surface area contributed by atoms with Gasteiger partial charge in [-0.25, -0.2) is 9.67 Å². The number of hydrogen-bond donors (Lipinski definition) is 2. The smallest absolute Gasteiger partial charge is 0.188 e. The van der Waals surface area contributed by atoms with Gasteiger partial charge in [0.25, 0.3) is 0 Å². The van der Waals surface area contributed by atoms with Crippen molar-refractivity contribution >= 4 is 17.6 Å². The Morgan fingerprint density at radius 1 is 1.56 bits per heavy atom. The van der Waals surface area contributed by atoms with E-state index >= 15 is 0 Å². The number of nitrogens with two attached hydrogens (primary N) is 1. The fourth-order valence-electron chi connectivity index (χ4n) is 1.32. The molecule has 0 fully saturated rings. The van der Waals surface area contributed by atoms with E-state index in [2.05, 4.69) is 20.2 Å². The molecule has 0 amide bonds. The van der Waals surface area contributed by atoms with Gasteiger partial charge < -0.3 is 10.9 Å². The fourth-order valence-corrected chi connectivity index (χ4v) is 2.15. The van der Waals surface area contributed by atoms with E-state index in [1.165, 1.54) is 6.33 Å². The first-order valence-electron chi connectivity index (χ1n) is 5.10. The van der Waals surface area contributed by atoms with Gasteiger partial charge in [0.15, 0.2) is 11.0 Å². The van der Waals surface area contributed by atoms with Crippen molar-refractivity contribution in [2.75, 3.05) is 0 Å².